The Balaban J connectivity index is 3.11. The second-order valence-electron chi connectivity index (χ2n) is 4.58. The number of nitrogens with zero attached hydrogens (tertiary/aromatic N) is 1. The largest absolute Gasteiger partial charge is 0.477 e. The van der Waals surface area contributed by atoms with Crippen molar-refractivity contribution in [3.63, 3.8) is 0 Å². The van der Waals surface area contributed by atoms with E-state index in [1.165, 1.54) is 25.3 Å². The molecule has 0 aliphatic rings. The highest BCUT2D eigenvalue weighted by Gasteiger charge is 2.25. The fourth-order valence-corrected chi connectivity index (χ4v) is 1.44. The Kier molecular flexibility index (Phi) is 4.44. The molecule has 0 aromatic heterocycles. The summed E-state index contributed by atoms with van der Waals surface area (Å²) in [6.07, 6.45) is 0. The van der Waals surface area contributed by atoms with E-state index >= 15 is 0 Å². The van der Waals surface area contributed by atoms with Gasteiger partial charge in [0.25, 0.3) is 0 Å². The minimum atomic E-state index is -1.33. The topological polar surface area (TPSA) is 102 Å². The van der Waals surface area contributed by atoms with Crippen LogP contribution in [0, 0.1) is 10.1 Å². The fourth-order valence-electron chi connectivity index (χ4n) is 1.44. The van der Waals surface area contributed by atoms with E-state index in [1.54, 1.807) is 0 Å². The number of benzene rings is 1. The SMILES string of the molecule is COC(C)(C)CNc1cccc(C(=O)O)c1[N+](=O)[O-]. The molecule has 0 unspecified atom stereocenters. The Morgan fingerprint density at radius 1 is 1.53 bits per heavy atom. The second kappa shape index (κ2) is 5.66. The highest BCUT2D eigenvalue weighted by Crippen LogP contribution is 2.29. The van der Waals surface area contributed by atoms with Gasteiger partial charge < -0.3 is 15.2 Å². The first-order valence-electron chi connectivity index (χ1n) is 5.58. The number of aromatic carboxylic acids is 1. The summed E-state index contributed by atoms with van der Waals surface area (Å²) in [5, 5.41) is 22.8. The average molecular weight is 268 g/mol. The highest BCUT2D eigenvalue weighted by atomic mass is 16.6. The maximum absolute atomic E-state index is 11.0. The lowest BCUT2D eigenvalue weighted by molar-refractivity contribution is -0.384. The number of nitro benzene ring substituents is 1. The van der Waals surface area contributed by atoms with E-state index in [1.807, 2.05) is 13.8 Å². The molecule has 1 aromatic rings. The quantitative estimate of drug-likeness (QED) is 0.605. The van der Waals surface area contributed by atoms with Crippen LogP contribution in [0.2, 0.25) is 0 Å². The molecule has 1 aromatic carbocycles. The number of hydrogen-bond donors (Lipinski definition) is 2. The van der Waals surface area contributed by atoms with Gasteiger partial charge in [0.05, 0.1) is 10.5 Å². The zero-order valence-corrected chi connectivity index (χ0v) is 11.0. The van der Waals surface area contributed by atoms with Crippen molar-refractivity contribution < 1.29 is 19.6 Å². The molecule has 2 N–H and O–H groups in total. The van der Waals surface area contributed by atoms with Gasteiger partial charge in [-0.15, -0.1) is 0 Å². The van der Waals surface area contributed by atoms with Crippen molar-refractivity contribution >= 4 is 17.3 Å². The number of carbonyl (C=O) groups is 1. The third-order valence-electron chi connectivity index (χ3n) is 2.71. The molecule has 0 spiro atoms. The van der Waals surface area contributed by atoms with Crippen LogP contribution in [0.4, 0.5) is 11.4 Å². The summed E-state index contributed by atoms with van der Waals surface area (Å²) in [6.45, 7) is 3.94. The number of rotatable bonds is 6. The summed E-state index contributed by atoms with van der Waals surface area (Å²) >= 11 is 0. The summed E-state index contributed by atoms with van der Waals surface area (Å²) in [5.41, 5.74) is -1.14. The van der Waals surface area contributed by atoms with E-state index in [9.17, 15) is 14.9 Å². The number of ether oxygens (including phenoxy) is 1. The van der Waals surface area contributed by atoms with Crippen LogP contribution >= 0.6 is 0 Å². The molecule has 0 radical (unpaired) electrons. The van der Waals surface area contributed by atoms with Gasteiger partial charge in [-0.1, -0.05) is 6.07 Å². The Morgan fingerprint density at radius 3 is 2.63 bits per heavy atom. The third-order valence-corrected chi connectivity index (χ3v) is 2.71. The number of carboxylic acids is 1. The molecule has 19 heavy (non-hydrogen) atoms. The Bertz CT molecular complexity index is 499. The van der Waals surface area contributed by atoms with Gasteiger partial charge in [-0.25, -0.2) is 4.79 Å². The van der Waals surface area contributed by atoms with Crippen molar-refractivity contribution in [2.45, 2.75) is 19.4 Å². The van der Waals surface area contributed by atoms with Gasteiger partial charge in [0.1, 0.15) is 11.3 Å². The maximum Gasteiger partial charge on any atom is 0.342 e. The normalized spacial score (nSPS) is 11.1. The molecule has 0 aliphatic heterocycles. The van der Waals surface area contributed by atoms with Crippen LogP contribution in [0.15, 0.2) is 18.2 Å². The minimum absolute atomic E-state index is 0.162. The number of anilines is 1. The summed E-state index contributed by atoms with van der Waals surface area (Å²) in [7, 11) is 1.53. The van der Waals surface area contributed by atoms with Crippen molar-refractivity contribution in [2.75, 3.05) is 19.0 Å². The first-order chi connectivity index (χ1) is 8.78. The molecule has 0 aliphatic carbocycles. The minimum Gasteiger partial charge on any atom is -0.477 e. The van der Waals surface area contributed by atoms with Gasteiger partial charge in [-0.05, 0) is 26.0 Å². The first kappa shape index (κ1) is 14.9. The number of carboxylic acid groups (broad SMARTS) is 1. The van der Waals surface area contributed by atoms with Gasteiger partial charge in [0.15, 0.2) is 0 Å². The van der Waals surface area contributed by atoms with Crippen molar-refractivity contribution in [1.82, 2.24) is 0 Å². The van der Waals surface area contributed by atoms with Crippen LogP contribution in [0.5, 0.6) is 0 Å². The van der Waals surface area contributed by atoms with Gasteiger partial charge in [-0.2, -0.15) is 0 Å². The molecule has 7 nitrogen and oxygen atoms in total. The predicted molar refractivity (Wildman–Crippen MR) is 69.6 cm³/mol. The predicted octanol–water partition coefficient (Wildman–Crippen LogP) is 2.13. The lowest BCUT2D eigenvalue weighted by atomic mass is 10.1. The Labute approximate surface area is 110 Å². The van der Waals surface area contributed by atoms with Crippen molar-refractivity contribution in [2.24, 2.45) is 0 Å². The Morgan fingerprint density at radius 2 is 2.16 bits per heavy atom. The molecule has 1 rings (SSSR count). The van der Waals surface area contributed by atoms with Crippen LogP contribution in [0.25, 0.3) is 0 Å². The summed E-state index contributed by atoms with van der Waals surface area (Å²) in [6, 6.07) is 4.13. The van der Waals surface area contributed by atoms with E-state index in [0.717, 1.165) is 0 Å². The average Bonchev–Trinajstić information content (AvgIpc) is 2.35. The van der Waals surface area contributed by atoms with Crippen LogP contribution in [-0.4, -0.2) is 35.3 Å². The van der Waals surface area contributed by atoms with E-state index in [2.05, 4.69) is 5.32 Å². The van der Waals surface area contributed by atoms with Crippen LogP contribution in [0.3, 0.4) is 0 Å². The molecule has 7 heteroatoms. The summed E-state index contributed by atoms with van der Waals surface area (Å²) < 4.78 is 5.19. The van der Waals surface area contributed by atoms with Crippen LogP contribution in [0.1, 0.15) is 24.2 Å². The standard InChI is InChI=1S/C12H16N2O5/c1-12(2,19-3)7-13-9-6-4-5-8(11(15)16)10(9)14(17)18/h4-6,13H,7H2,1-3H3,(H,15,16). The second-order valence-corrected chi connectivity index (χ2v) is 4.58. The number of para-hydroxylation sites is 1. The van der Waals surface area contributed by atoms with Crippen LogP contribution in [-0.2, 0) is 4.74 Å². The van der Waals surface area contributed by atoms with E-state index in [4.69, 9.17) is 9.84 Å². The smallest absolute Gasteiger partial charge is 0.342 e. The zero-order valence-electron chi connectivity index (χ0n) is 11.0. The molecule has 0 saturated heterocycles. The lowest BCUT2D eigenvalue weighted by Crippen LogP contribution is -2.32. The molecule has 104 valence electrons. The highest BCUT2D eigenvalue weighted by molar-refractivity contribution is 5.95. The Hall–Kier alpha value is -2.15. The van der Waals surface area contributed by atoms with E-state index in [0.29, 0.717) is 6.54 Å². The monoisotopic (exact) mass is 268 g/mol. The van der Waals surface area contributed by atoms with Crippen molar-refractivity contribution in [3.8, 4) is 0 Å². The van der Waals surface area contributed by atoms with E-state index < -0.39 is 22.2 Å². The molecule has 0 heterocycles. The third kappa shape index (κ3) is 3.65. The van der Waals surface area contributed by atoms with Crippen LogP contribution < -0.4 is 5.32 Å². The number of nitrogens with one attached hydrogen (secondary N) is 1. The van der Waals surface area contributed by atoms with Gasteiger partial charge in [-0.3, -0.25) is 10.1 Å². The molecule has 0 atom stereocenters. The number of hydrogen-bond acceptors (Lipinski definition) is 5. The fraction of sp³-hybridized carbons (Fsp3) is 0.417. The lowest BCUT2D eigenvalue weighted by Gasteiger charge is -2.23. The molecule has 0 saturated carbocycles. The summed E-state index contributed by atoms with van der Waals surface area (Å²) in [4.78, 5) is 21.3. The molecular formula is C12H16N2O5. The van der Waals surface area contributed by atoms with Gasteiger partial charge >= 0.3 is 11.7 Å². The number of nitro groups is 1. The summed E-state index contributed by atoms with van der Waals surface area (Å²) in [5.74, 6) is -1.33. The molecular weight excluding hydrogens is 252 g/mol. The van der Waals surface area contributed by atoms with E-state index in [-0.39, 0.29) is 11.3 Å². The molecule has 0 bridgehead atoms. The van der Waals surface area contributed by atoms with Crippen molar-refractivity contribution in [3.05, 3.63) is 33.9 Å². The molecule has 0 fully saturated rings. The molecule has 0 amide bonds. The van der Waals surface area contributed by atoms with Crippen molar-refractivity contribution in [1.29, 1.82) is 0 Å². The first-order valence-corrected chi connectivity index (χ1v) is 5.58. The van der Waals surface area contributed by atoms with Gasteiger partial charge in [0, 0.05) is 13.7 Å². The zero-order chi connectivity index (χ0) is 14.6. The maximum atomic E-state index is 11.0. The van der Waals surface area contributed by atoms with Gasteiger partial charge in [0.2, 0.25) is 0 Å². The number of methoxy groups -OCH3 is 1.